The highest BCUT2D eigenvalue weighted by Gasteiger charge is 2.54. The fraction of sp³-hybridized carbons (Fsp3) is 0.536. The number of nitrogens with zero attached hydrogens (tertiary/aromatic N) is 2. The first-order chi connectivity index (χ1) is 17.3. The number of rotatable bonds is 8. The Labute approximate surface area is 215 Å². The zero-order valence-electron chi connectivity index (χ0n) is 25.1. The molecule has 0 aromatic heterocycles. The third kappa shape index (κ3) is 5.18. The van der Waals surface area contributed by atoms with Gasteiger partial charge in [0, 0.05) is 40.1 Å². The summed E-state index contributed by atoms with van der Waals surface area (Å²) in [6, 6.07) is 14.5. The average molecular weight is 491 g/mol. The second kappa shape index (κ2) is 9.98. The topological polar surface area (TPSA) is 53.0 Å². The minimum absolute atomic E-state index is 0.0904. The third-order valence-corrected chi connectivity index (χ3v) is 7.52. The Morgan fingerprint density at radius 3 is 2.35 bits per heavy atom. The Kier molecular flexibility index (Phi) is 6.27. The molecule has 2 aromatic rings. The molecule has 6 heteroatoms. The van der Waals surface area contributed by atoms with Crippen LogP contribution in [0.2, 0.25) is 5.02 Å². The molecule has 0 amide bonds. The second-order valence-electron chi connectivity index (χ2n) is 10.6. The van der Waals surface area contributed by atoms with E-state index in [4.69, 9.17) is 21.4 Å². The third-order valence-electron chi connectivity index (χ3n) is 7.10. The van der Waals surface area contributed by atoms with Crippen molar-refractivity contribution in [2.45, 2.75) is 71.1 Å². The van der Waals surface area contributed by atoms with Gasteiger partial charge in [0.25, 0.3) is 0 Å². The minimum atomic E-state index is -2.50. The van der Waals surface area contributed by atoms with E-state index in [-0.39, 0.29) is 6.61 Å². The number of ether oxygens (including phenoxy) is 1. The van der Waals surface area contributed by atoms with Gasteiger partial charge >= 0.3 is 5.97 Å². The van der Waals surface area contributed by atoms with Gasteiger partial charge in [0.2, 0.25) is 0 Å². The van der Waals surface area contributed by atoms with E-state index in [2.05, 4.69) is 0 Å². The summed E-state index contributed by atoms with van der Waals surface area (Å²) in [5.74, 6) is -1.12. The Hall–Kier alpha value is -1.92. The number of benzene rings is 2. The first-order valence-electron chi connectivity index (χ1n) is 13.5. The normalized spacial score (nSPS) is 24.4. The number of carbonyl (C=O) groups is 1. The van der Waals surface area contributed by atoms with Crippen LogP contribution in [-0.4, -0.2) is 63.7 Å². The molecule has 1 aliphatic rings. The molecule has 0 radical (unpaired) electrons. The van der Waals surface area contributed by atoms with E-state index in [0.717, 1.165) is 16.7 Å². The standard InChI is InChI=1S/C28H39ClN2O3/c1-20-17-22(13-14-23(20)29)25(21-11-9-8-10-12-21)30-15-16-31(28(6,7)27(30,4)5)26(2,3)19-34-18-24(32)33/h8-14,17,25H,15-16,18-19H2,1-7H3,(H,32,33)/t25-/m1/s1/i15D2,16D2. The van der Waals surface area contributed by atoms with E-state index < -0.39 is 48.2 Å². The predicted molar refractivity (Wildman–Crippen MR) is 139 cm³/mol. The average Bonchev–Trinajstić information content (AvgIpc) is 2.77. The molecular weight excluding hydrogens is 448 g/mol. The van der Waals surface area contributed by atoms with Crippen molar-refractivity contribution in [3.8, 4) is 0 Å². The molecule has 1 N–H and O–H groups in total. The summed E-state index contributed by atoms with van der Waals surface area (Å²) in [6.07, 6.45) is 0. The van der Waals surface area contributed by atoms with Crippen molar-refractivity contribution in [3.63, 3.8) is 0 Å². The number of halogens is 1. The number of aryl methyl sites for hydroxylation is 1. The highest BCUT2D eigenvalue weighted by molar-refractivity contribution is 6.31. The van der Waals surface area contributed by atoms with Crippen molar-refractivity contribution >= 4 is 17.6 Å². The maximum absolute atomic E-state index is 11.1. The first-order valence-corrected chi connectivity index (χ1v) is 11.9. The summed E-state index contributed by atoms with van der Waals surface area (Å²) in [4.78, 5) is 14.3. The lowest BCUT2D eigenvalue weighted by Crippen LogP contribution is -2.75. The van der Waals surface area contributed by atoms with Gasteiger partial charge in [-0.05, 0) is 71.2 Å². The van der Waals surface area contributed by atoms with Crippen molar-refractivity contribution in [1.82, 2.24) is 9.80 Å². The molecule has 1 atom stereocenters. The summed E-state index contributed by atoms with van der Waals surface area (Å²) in [7, 11) is 0. The Morgan fingerprint density at radius 2 is 1.76 bits per heavy atom. The molecule has 3 rings (SSSR count). The summed E-state index contributed by atoms with van der Waals surface area (Å²) >= 11 is 6.35. The van der Waals surface area contributed by atoms with Gasteiger partial charge in [0.1, 0.15) is 6.61 Å². The van der Waals surface area contributed by atoms with Gasteiger partial charge in [-0.1, -0.05) is 54.1 Å². The van der Waals surface area contributed by atoms with Crippen LogP contribution in [-0.2, 0) is 9.53 Å². The Bertz CT molecular complexity index is 1140. The lowest BCUT2D eigenvalue weighted by molar-refractivity contribution is -0.155. The van der Waals surface area contributed by atoms with Crippen LogP contribution < -0.4 is 0 Å². The molecule has 0 saturated carbocycles. The molecule has 1 heterocycles. The monoisotopic (exact) mass is 490 g/mol. The molecule has 186 valence electrons. The van der Waals surface area contributed by atoms with E-state index in [1.807, 2.05) is 77.1 Å². The molecule has 1 fully saturated rings. The maximum Gasteiger partial charge on any atom is 0.329 e. The van der Waals surface area contributed by atoms with Crippen LogP contribution >= 0.6 is 11.6 Å². The summed E-state index contributed by atoms with van der Waals surface area (Å²) in [5, 5.41) is 9.66. The van der Waals surface area contributed by atoms with Gasteiger partial charge in [0.05, 0.1) is 12.6 Å². The van der Waals surface area contributed by atoms with Crippen molar-refractivity contribution in [2.24, 2.45) is 0 Å². The number of piperazine rings is 1. The largest absolute Gasteiger partial charge is 0.480 e. The molecule has 0 unspecified atom stereocenters. The lowest BCUT2D eigenvalue weighted by Gasteiger charge is -2.64. The number of carboxylic acids is 1. The Morgan fingerprint density at radius 1 is 1.12 bits per heavy atom. The summed E-state index contributed by atoms with van der Waals surface area (Å²) < 4.78 is 42.8. The van der Waals surface area contributed by atoms with E-state index in [9.17, 15) is 10.3 Å². The van der Waals surface area contributed by atoms with Gasteiger partial charge in [0.15, 0.2) is 0 Å². The highest BCUT2D eigenvalue weighted by atomic mass is 35.5. The number of hydrogen-bond acceptors (Lipinski definition) is 4. The number of hydrogen-bond donors (Lipinski definition) is 1. The summed E-state index contributed by atoms with van der Waals surface area (Å²) in [5.41, 5.74) is -0.457. The lowest BCUT2D eigenvalue weighted by atomic mass is 9.73. The fourth-order valence-corrected chi connectivity index (χ4v) is 4.78. The fourth-order valence-electron chi connectivity index (χ4n) is 4.66. The SMILES string of the molecule is [2H]C1([2H])N([C@H](c2ccccc2)c2ccc(Cl)c(C)c2)C(C)(C)C(C)(C)N(C(C)(C)COCC(=O)O)C1([2H])[2H]. The molecule has 2 aromatic carbocycles. The molecular formula is C28H39ClN2O3. The minimum Gasteiger partial charge on any atom is -0.480 e. The van der Waals surface area contributed by atoms with Gasteiger partial charge in [-0.3, -0.25) is 9.80 Å². The van der Waals surface area contributed by atoms with Crippen LogP contribution in [0.3, 0.4) is 0 Å². The molecule has 0 aliphatic carbocycles. The van der Waals surface area contributed by atoms with Crippen LogP contribution in [0.1, 0.15) is 69.8 Å². The molecule has 5 nitrogen and oxygen atoms in total. The molecule has 0 bridgehead atoms. The Balaban J connectivity index is 2.26. The van der Waals surface area contributed by atoms with Crippen LogP contribution in [0.5, 0.6) is 0 Å². The van der Waals surface area contributed by atoms with Gasteiger partial charge in [-0.2, -0.15) is 0 Å². The van der Waals surface area contributed by atoms with Gasteiger partial charge < -0.3 is 9.84 Å². The number of aliphatic carboxylic acids is 1. The van der Waals surface area contributed by atoms with E-state index >= 15 is 0 Å². The molecule has 34 heavy (non-hydrogen) atoms. The highest BCUT2D eigenvalue weighted by Crippen LogP contribution is 2.46. The van der Waals surface area contributed by atoms with Crippen LogP contribution in [0.15, 0.2) is 48.5 Å². The van der Waals surface area contributed by atoms with Crippen molar-refractivity contribution in [3.05, 3.63) is 70.2 Å². The number of carboxylic acid groups (broad SMARTS) is 1. The maximum atomic E-state index is 11.1. The predicted octanol–water partition coefficient (Wildman–Crippen LogP) is 5.79. The molecule has 1 saturated heterocycles. The van der Waals surface area contributed by atoms with Crippen molar-refractivity contribution in [2.75, 3.05) is 26.2 Å². The van der Waals surface area contributed by atoms with Crippen LogP contribution in [0, 0.1) is 6.92 Å². The molecule has 0 spiro atoms. The van der Waals surface area contributed by atoms with Crippen LogP contribution in [0.25, 0.3) is 0 Å². The van der Waals surface area contributed by atoms with Crippen molar-refractivity contribution in [1.29, 1.82) is 0 Å². The van der Waals surface area contributed by atoms with E-state index in [1.165, 1.54) is 4.90 Å². The van der Waals surface area contributed by atoms with Crippen molar-refractivity contribution < 1.29 is 20.1 Å². The summed E-state index contributed by atoms with van der Waals surface area (Å²) in [6.45, 7) is 7.47. The zero-order chi connectivity index (χ0) is 28.9. The van der Waals surface area contributed by atoms with E-state index in [1.54, 1.807) is 24.8 Å². The van der Waals surface area contributed by atoms with Gasteiger partial charge in [-0.15, -0.1) is 0 Å². The zero-order valence-corrected chi connectivity index (χ0v) is 21.9. The second-order valence-corrected chi connectivity index (χ2v) is 11.0. The van der Waals surface area contributed by atoms with Crippen LogP contribution in [0.4, 0.5) is 0 Å². The smallest absolute Gasteiger partial charge is 0.329 e. The van der Waals surface area contributed by atoms with E-state index in [0.29, 0.717) is 5.02 Å². The first kappa shape index (κ1) is 21.4. The molecule has 1 aliphatic heterocycles. The quantitative estimate of drug-likeness (QED) is 0.507. The van der Waals surface area contributed by atoms with Gasteiger partial charge in [-0.25, -0.2) is 4.79 Å².